The normalized spacial score (nSPS) is 10.6. The number of halogens is 2. The Morgan fingerprint density at radius 2 is 2.06 bits per heavy atom. The van der Waals surface area contributed by atoms with Crippen molar-refractivity contribution in [2.75, 3.05) is 0 Å². The van der Waals surface area contributed by atoms with E-state index in [9.17, 15) is 19.1 Å². The number of hydrogen-bond donors (Lipinski definition) is 2. The maximum absolute atomic E-state index is 13.3. The van der Waals surface area contributed by atoms with Gasteiger partial charge in [-0.2, -0.15) is 4.39 Å². The Morgan fingerprint density at radius 1 is 1.39 bits per heavy atom. The predicted molar refractivity (Wildman–Crippen MR) is 71.7 cm³/mol. The summed E-state index contributed by atoms with van der Waals surface area (Å²) in [6.45, 7) is 1.71. The van der Waals surface area contributed by atoms with Gasteiger partial charge in [0.2, 0.25) is 11.7 Å². The van der Waals surface area contributed by atoms with Crippen molar-refractivity contribution in [1.82, 2.24) is 9.55 Å². The van der Waals surface area contributed by atoms with Crippen molar-refractivity contribution in [2.24, 2.45) is 0 Å². The summed E-state index contributed by atoms with van der Waals surface area (Å²) in [5.41, 5.74) is -1.14. The van der Waals surface area contributed by atoms with E-state index in [0.29, 0.717) is 11.3 Å². The second-order valence-electron chi connectivity index (χ2n) is 3.66. The van der Waals surface area contributed by atoms with E-state index in [1.54, 1.807) is 19.1 Å². The highest BCUT2D eigenvalue weighted by molar-refractivity contribution is 14.1. The molecule has 0 unspecified atom stereocenters. The second kappa shape index (κ2) is 4.56. The van der Waals surface area contributed by atoms with E-state index >= 15 is 0 Å². The molecule has 0 fully saturated rings. The van der Waals surface area contributed by atoms with Gasteiger partial charge in [0, 0.05) is 3.57 Å². The van der Waals surface area contributed by atoms with Crippen LogP contribution >= 0.6 is 22.6 Å². The van der Waals surface area contributed by atoms with Crippen molar-refractivity contribution < 1.29 is 9.50 Å². The lowest BCUT2D eigenvalue weighted by Crippen LogP contribution is -2.31. The van der Waals surface area contributed by atoms with Crippen molar-refractivity contribution in [2.45, 2.75) is 6.92 Å². The van der Waals surface area contributed by atoms with Crippen LogP contribution in [0, 0.1) is 16.3 Å². The lowest BCUT2D eigenvalue weighted by atomic mass is 10.2. The lowest BCUT2D eigenvalue weighted by molar-refractivity contribution is 0.386. The van der Waals surface area contributed by atoms with Crippen LogP contribution in [0.4, 0.5) is 4.39 Å². The molecule has 5 nitrogen and oxygen atoms in total. The molecule has 1 aromatic heterocycles. The van der Waals surface area contributed by atoms with Gasteiger partial charge in [0.25, 0.3) is 5.56 Å². The van der Waals surface area contributed by atoms with Crippen LogP contribution in [0.3, 0.4) is 0 Å². The van der Waals surface area contributed by atoms with Crippen molar-refractivity contribution in [1.29, 1.82) is 0 Å². The Hall–Kier alpha value is -1.64. The number of aromatic hydroxyl groups is 1. The van der Waals surface area contributed by atoms with E-state index in [4.69, 9.17) is 0 Å². The molecule has 2 aromatic rings. The van der Waals surface area contributed by atoms with Gasteiger partial charge in [-0.05, 0) is 47.2 Å². The number of rotatable bonds is 1. The fourth-order valence-electron chi connectivity index (χ4n) is 1.55. The van der Waals surface area contributed by atoms with Gasteiger partial charge in [-0.15, -0.1) is 0 Å². The van der Waals surface area contributed by atoms with Crippen LogP contribution in [0.25, 0.3) is 5.69 Å². The first kappa shape index (κ1) is 12.8. The molecule has 94 valence electrons. The van der Waals surface area contributed by atoms with Gasteiger partial charge in [-0.3, -0.25) is 9.78 Å². The molecule has 2 rings (SSSR count). The molecule has 0 aliphatic carbocycles. The molecule has 18 heavy (non-hydrogen) atoms. The molecular formula is C11H8FIN2O3. The van der Waals surface area contributed by atoms with E-state index in [1.165, 1.54) is 0 Å². The molecule has 0 spiro atoms. The summed E-state index contributed by atoms with van der Waals surface area (Å²) in [4.78, 5) is 24.5. The zero-order chi connectivity index (χ0) is 13.4. The van der Waals surface area contributed by atoms with Crippen molar-refractivity contribution in [3.05, 3.63) is 54.0 Å². The summed E-state index contributed by atoms with van der Waals surface area (Å²) in [6, 6.07) is 5.14. The van der Waals surface area contributed by atoms with Gasteiger partial charge >= 0.3 is 5.69 Å². The van der Waals surface area contributed by atoms with Crippen LogP contribution in [-0.4, -0.2) is 14.7 Å². The van der Waals surface area contributed by atoms with Crippen LogP contribution in [-0.2, 0) is 0 Å². The number of benzene rings is 1. The number of aryl methyl sites for hydroxylation is 1. The van der Waals surface area contributed by atoms with E-state index in [0.717, 1.165) is 8.14 Å². The maximum Gasteiger partial charge on any atom is 0.335 e. The third-order valence-corrected chi connectivity index (χ3v) is 3.11. The van der Waals surface area contributed by atoms with Crippen LogP contribution in [0.2, 0.25) is 0 Å². The molecule has 1 heterocycles. The van der Waals surface area contributed by atoms with Crippen LogP contribution in [0.1, 0.15) is 5.56 Å². The molecular weight excluding hydrogens is 354 g/mol. The third-order valence-electron chi connectivity index (χ3n) is 2.44. The van der Waals surface area contributed by atoms with Crippen molar-refractivity contribution in [3.63, 3.8) is 0 Å². The minimum atomic E-state index is -1.38. The Labute approximate surface area is 114 Å². The summed E-state index contributed by atoms with van der Waals surface area (Å²) in [6.07, 6.45) is 0. The van der Waals surface area contributed by atoms with Gasteiger partial charge in [0.15, 0.2) is 0 Å². The minimum absolute atomic E-state index is 0.319. The van der Waals surface area contributed by atoms with Crippen LogP contribution in [0.5, 0.6) is 5.88 Å². The second-order valence-corrected chi connectivity index (χ2v) is 4.91. The fourth-order valence-corrected chi connectivity index (χ4v) is 2.03. The average Bonchev–Trinajstić information content (AvgIpc) is 2.31. The summed E-state index contributed by atoms with van der Waals surface area (Å²) in [7, 11) is 0. The monoisotopic (exact) mass is 362 g/mol. The number of aromatic nitrogens is 2. The quantitative estimate of drug-likeness (QED) is 0.751. The highest BCUT2D eigenvalue weighted by atomic mass is 127. The topological polar surface area (TPSA) is 75.1 Å². The smallest absolute Gasteiger partial charge is 0.335 e. The first-order valence-electron chi connectivity index (χ1n) is 4.92. The van der Waals surface area contributed by atoms with Crippen LogP contribution in [0.15, 0.2) is 27.8 Å². The molecule has 7 heteroatoms. The zero-order valence-corrected chi connectivity index (χ0v) is 11.4. The van der Waals surface area contributed by atoms with E-state index in [-0.39, 0.29) is 0 Å². The largest absolute Gasteiger partial charge is 0.492 e. The summed E-state index contributed by atoms with van der Waals surface area (Å²) in [5, 5.41) is 9.59. The lowest BCUT2D eigenvalue weighted by Gasteiger charge is -2.11. The Balaban J connectivity index is 2.88. The molecule has 0 radical (unpaired) electrons. The highest BCUT2D eigenvalue weighted by Gasteiger charge is 2.16. The number of aromatic amines is 1. The number of hydrogen-bond acceptors (Lipinski definition) is 3. The standard InChI is InChI=1S/C11H8FIN2O3/c1-5-2-3-6(13)4-7(5)15-10(17)8(12)9(16)14-11(15)18/h2-4,17H,1H3,(H,14,16,18). The Kier molecular flexibility index (Phi) is 3.24. The third kappa shape index (κ3) is 2.05. The molecule has 0 amide bonds. The van der Waals surface area contributed by atoms with Gasteiger partial charge in [0.05, 0.1) is 5.69 Å². The molecule has 2 N–H and O–H groups in total. The van der Waals surface area contributed by atoms with E-state index < -0.39 is 22.9 Å². The molecule has 1 aromatic carbocycles. The van der Waals surface area contributed by atoms with Crippen molar-refractivity contribution in [3.8, 4) is 11.6 Å². The summed E-state index contributed by atoms with van der Waals surface area (Å²) >= 11 is 2.02. The number of H-pyrrole nitrogens is 1. The number of nitrogens with zero attached hydrogens (tertiary/aromatic N) is 1. The average molecular weight is 362 g/mol. The Bertz CT molecular complexity index is 736. The maximum atomic E-state index is 13.3. The van der Waals surface area contributed by atoms with Gasteiger partial charge in [0.1, 0.15) is 0 Å². The van der Waals surface area contributed by atoms with Gasteiger partial charge in [-0.25, -0.2) is 9.36 Å². The van der Waals surface area contributed by atoms with E-state index in [2.05, 4.69) is 0 Å². The first-order chi connectivity index (χ1) is 8.41. The minimum Gasteiger partial charge on any atom is -0.492 e. The fraction of sp³-hybridized carbons (Fsp3) is 0.0909. The van der Waals surface area contributed by atoms with Gasteiger partial charge in [-0.1, -0.05) is 6.07 Å². The van der Waals surface area contributed by atoms with Crippen molar-refractivity contribution >= 4 is 22.6 Å². The highest BCUT2D eigenvalue weighted by Crippen LogP contribution is 2.20. The first-order valence-corrected chi connectivity index (χ1v) is 6.00. The summed E-state index contributed by atoms with van der Waals surface area (Å²) < 4.78 is 14.9. The van der Waals surface area contributed by atoms with Crippen LogP contribution < -0.4 is 11.2 Å². The molecule has 0 saturated heterocycles. The zero-order valence-electron chi connectivity index (χ0n) is 9.20. The molecule has 0 atom stereocenters. The SMILES string of the molecule is Cc1ccc(I)cc1-n1c(O)c(F)c(=O)[nH]c1=O. The molecule has 0 saturated carbocycles. The molecule has 0 aliphatic heterocycles. The Morgan fingerprint density at radius 3 is 2.72 bits per heavy atom. The van der Waals surface area contributed by atoms with Gasteiger partial charge < -0.3 is 5.11 Å². The predicted octanol–water partition coefficient (Wildman–Crippen LogP) is 1.28. The summed E-state index contributed by atoms with van der Waals surface area (Å²) in [5.74, 6) is -2.37. The molecule has 0 bridgehead atoms. The number of nitrogens with one attached hydrogen (secondary N) is 1. The van der Waals surface area contributed by atoms with E-state index in [1.807, 2.05) is 33.6 Å². The molecule has 0 aliphatic rings.